The summed E-state index contributed by atoms with van der Waals surface area (Å²) in [6.07, 6.45) is 6.67. The van der Waals surface area contributed by atoms with E-state index in [1.54, 1.807) is 0 Å². The number of nitrogens with one attached hydrogen (secondary N) is 1. The summed E-state index contributed by atoms with van der Waals surface area (Å²) in [5, 5.41) is 3.24. The molecule has 1 aromatic rings. The van der Waals surface area contributed by atoms with Crippen molar-refractivity contribution in [1.82, 2.24) is 9.97 Å². The fourth-order valence-corrected chi connectivity index (χ4v) is 2.95. The number of hydrogen-bond donors (Lipinski definition) is 1. The number of hydrogen-bond acceptors (Lipinski definition) is 4. The van der Waals surface area contributed by atoms with E-state index in [4.69, 9.17) is 9.97 Å². The molecule has 1 N–H and O–H groups in total. The monoisotopic (exact) mass is 274 g/mol. The van der Waals surface area contributed by atoms with E-state index < -0.39 is 0 Å². The topological polar surface area (TPSA) is 41.1 Å². The average molecular weight is 274 g/mol. The molecule has 4 nitrogen and oxygen atoms in total. The van der Waals surface area contributed by atoms with Gasteiger partial charge in [-0.2, -0.15) is 0 Å². The zero-order valence-electron chi connectivity index (χ0n) is 12.9. The second kappa shape index (κ2) is 5.58. The molecule has 0 aliphatic heterocycles. The van der Waals surface area contributed by atoms with Crippen molar-refractivity contribution in [3.8, 4) is 0 Å². The lowest BCUT2D eigenvalue weighted by Crippen LogP contribution is -2.34. The Morgan fingerprint density at radius 3 is 2.45 bits per heavy atom. The van der Waals surface area contributed by atoms with Gasteiger partial charge in [0, 0.05) is 31.6 Å². The highest BCUT2D eigenvalue weighted by molar-refractivity contribution is 5.58. The van der Waals surface area contributed by atoms with Gasteiger partial charge in [0.2, 0.25) is 0 Å². The second-order valence-electron chi connectivity index (χ2n) is 6.24. The van der Waals surface area contributed by atoms with Crippen molar-refractivity contribution in [2.75, 3.05) is 30.4 Å². The number of rotatable bonds is 6. The highest BCUT2D eigenvalue weighted by atomic mass is 15.2. The highest BCUT2D eigenvalue weighted by Crippen LogP contribution is 2.40. The molecule has 2 saturated carbocycles. The molecule has 20 heavy (non-hydrogen) atoms. The smallest absolute Gasteiger partial charge is 0.137 e. The maximum absolute atomic E-state index is 4.90. The van der Waals surface area contributed by atoms with Crippen LogP contribution in [0.5, 0.6) is 0 Å². The lowest BCUT2D eigenvalue weighted by molar-refractivity contribution is 0.318. The first kappa shape index (κ1) is 13.7. The Morgan fingerprint density at radius 2 is 1.95 bits per heavy atom. The molecule has 0 atom stereocenters. The Balaban J connectivity index is 1.89. The quantitative estimate of drug-likeness (QED) is 0.864. The summed E-state index contributed by atoms with van der Waals surface area (Å²) < 4.78 is 0. The van der Waals surface area contributed by atoms with Crippen LogP contribution in [0.2, 0.25) is 0 Å². The summed E-state index contributed by atoms with van der Waals surface area (Å²) in [6.45, 7) is 6.56. The Kier molecular flexibility index (Phi) is 3.81. The van der Waals surface area contributed by atoms with Crippen LogP contribution in [0.3, 0.4) is 0 Å². The van der Waals surface area contributed by atoms with Gasteiger partial charge in [0.25, 0.3) is 0 Å². The van der Waals surface area contributed by atoms with Gasteiger partial charge in [-0.25, -0.2) is 9.97 Å². The van der Waals surface area contributed by atoms with Crippen LogP contribution in [0.25, 0.3) is 0 Å². The molecule has 2 aliphatic carbocycles. The molecule has 4 heteroatoms. The molecule has 1 heterocycles. The van der Waals surface area contributed by atoms with E-state index in [0.717, 1.165) is 36.5 Å². The molecule has 0 radical (unpaired) electrons. The first-order valence-corrected chi connectivity index (χ1v) is 8.04. The minimum Gasteiger partial charge on any atom is -0.373 e. The molecule has 3 rings (SSSR count). The molecule has 0 spiro atoms. The van der Waals surface area contributed by atoms with E-state index in [0.29, 0.717) is 5.92 Å². The largest absolute Gasteiger partial charge is 0.373 e. The summed E-state index contributed by atoms with van der Waals surface area (Å²) >= 11 is 0. The first-order valence-electron chi connectivity index (χ1n) is 8.04. The van der Waals surface area contributed by atoms with Crippen LogP contribution in [0, 0.1) is 12.8 Å². The fourth-order valence-electron chi connectivity index (χ4n) is 2.95. The van der Waals surface area contributed by atoms with Crippen molar-refractivity contribution in [3.05, 3.63) is 11.4 Å². The van der Waals surface area contributed by atoms with Crippen LogP contribution in [0.1, 0.15) is 56.3 Å². The van der Waals surface area contributed by atoms with Crippen molar-refractivity contribution < 1.29 is 0 Å². The molecule has 2 fully saturated rings. The van der Waals surface area contributed by atoms with Crippen LogP contribution >= 0.6 is 0 Å². The Morgan fingerprint density at radius 1 is 1.20 bits per heavy atom. The third-order valence-electron chi connectivity index (χ3n) is 4.70. The lowest BCUT2D eigenvalue weighted by Gasteiger charge is -2.33. The van der Waals surface area contributed by atoms with E-state index in [9.17, 15) is 0 Å². The molecule has 1 aromatic heterocycles. The predicted octanol–water partition coefficient (Wildman–Crippen LogP) is 3.33. The van der Waals surface area contributed by atoms with E-state index in [-0.39, 0.29) is 0 Å². The van der Waals surface area contributed by atoms with Crippen LogP contribution in [0.4, 0.5) is 11.6 Å². The summed E-state index contributed by atoms with van der Waals surface area (Å²) in [7, 11) is 1.96. The van der Waals surface area contributed by atoms with Gasteiger partial charge in [0.15, 0.2) is 0 Å². The van der Waals surface area contributed by atoms with Gasteiger partial charge in [-0.3, -0.25) is 0 Å². The molecule has 0 bridgehead atoms. The summed E-state index contributed by atoms with van der Waals surface area (Å²) in [5.41, 5.74) is 1.19. The predicted molar refractivity (Wildman–Crippen MR) is 83.5 cm³/mol. The zero-order chi connectivity index (χ0) is 14.1. The third-order valence-corrected chi connectivity index (χ3v) is 4.70. The highest BCUT2D eigenvalue weighted by Gasteiger charge is 2.29. The SMILES string of the molecule is CCN(CC1CCC1)c1nc(C2CC2)nc(NC)c1C. The van der Waals surface area contributed by atoms with Crippen molar-refractivity contribution in [2.45, 2.75) is 51.9 Å². The van der Waals surface area contributed by atoms with Crippen LogP contribution < -0.4 is 10.2 Å². The van der Waals surface area contributed by atoms with Gasteiger partial charge in [0.1, 0.15) is 17.5 Å². The summed E-state index contributed by atoms with van der Waals surface area (Å²) in [6, 6.07) is 0. The lowest BCUT2D eigenvalue weighted by atomic mass is 9.85. The van der Waals surface area contributed by atoms with Crippen LogP contribution in [0.15, 0.2) is 0 Å². The third kappa shape index (κ3) is 2.60. The molecular weight excluding hydrogens is 248 g/mol. The minimum atomic E-state index is 0.601. The Hall–Kier alpha value is -1.32. The van der Waals surface area contributed by atoms with E-state index in [1.165, 1.54) is 37.7 Å². The number of aromatic nitrogens is 2. The van der Waals surface area contributed by atoms with Gasteiger partial charge >= 0.3 is 0 Å². The fraction of sp³-hybridized carbons (Fsp3) is 0.750. The molecule has 0 saturated heterocycles. The van der Waals surface area contributed by atoms with Crippen LogP contribution in [-0.2, 0) is 0 Å². The van der Waals surface area contributed by atoms with Gasteiger partial charge in [0.05, 0.1) is 0 Å². The van der Waals surface area contributed by atoms with Crippen molar-refractivity contribution in [3.63, 3.8) is 0 Å². The second-order valence-corrected chi connectivity index (χ2v) is 6.24. The Labute approximate surface area is 122 Å². The molecule has 2 aliphatic rings. The molecule has 0 unspecified atom stereocenters. The van der Waals surface area contributed by atoms with Crippen LogP contribution in [-0.4, -0.2) is 30.1 Å². The maximum Gasteiger partial charge on any atom is 0.137 e. The van der Waals surface area contributed by atoms with E-state index >= 15 is 0 Å². The van der Waals surface area contributed by atoms with Gasteiger partial charge < -0.3 is 10.2 Å². The van der Waals surface area contributed by atoms with Crippen molar-refractivity contribution in [2.24, 2.45) is 5.92 Å². The number of anilines is 2. The van der Waals surface area contributed by atoms with Gasteiger partial charge in [-0.05, 0) is 45.4 Å². The zero-order valence-corrected chi connectivity index (χ0v) is 12.9. The molecule has 0 aromatic carbocycles. The summed E-state index contributed by atoms with van der Waals surface area (Å²) in [4.78, 5) is 12.0. The number of nitrogens with zero attached hydrogens (tertiary/aromatic N) is 3. The maximum atomic E-state index is 4.90. The van der Waals surface area contributed by atoms with Crippen molar-refractivity contribution in [1.29, 1.82) is 0 Å². The average Bonchev–Trinajstić information content (AvgIpc) is 3.23. The van der Waals surface area contributed by atoms with E-state index in [2.05, 4.69) is 24.1 Å². The molecule has 0 amide bonds. The van der Waals surface area contributed by atoms with Crippen molar-refractivity contribution >= 4 is 11.6 Å². The molecular formula is C16H26N4. The Bertz CT molecular complexity index is 478. The van der Waals surface area contributed by atoms with Gasteiger partial charge in [-0.1, -0.05) is 6.42 Å². The standard InChI is InChI=1S/C16H26N4/c1-4-20(10-12-6-5-7-12)16-11(2)14(17-3)18-15(19-16)13-8-9-13/h12-13H,4-10H2,1-3H3,(H,17,18,19). The molecule has 110 valence electrons. The summed E-state index contributed by atoms with van der Waals surface area (Å²) in [5.74, 6) is 4.67. The van der Waals surface area contributed by atoms with E-state index in [1.807, 2.05) is 7.05 Å². The first-order chi connectivity index (χ1) is 9.72. The normalized spacial score (nSPS) is 18.8. The minimum absolute atomic E-state index is 0.601. The van der Waals surface area contributed by atoms with Gasteiger partial charge in [-0.15, -0.1) is 0 Å².